The van der Waals surface area contributed by atoms with Gasteiger partial charge in [-0.05, 0) is 60.6 Å². The molecule has 0 unspecified atom stereocenters. The summed E-state index contributed by atoms with van der Waals surface area (Å²) in [6, 6.07) is 8.78. The van der Waals surface area contributed by atoms with E-state index in [9.17, 15) is 14.2 Å². The highest BCUT2D eigenvalue weighted by Crippen LogP contribution is 2.41. The van der Waals surface area contributed by atoms with E-state index >= 15 is 0 Å². The largest absolute Gasteiger partial charge is 0.462 e. The van der Waals surface area contributed by atoms with Crippen molar-refractivity contribution in [1.82, 2.24) is 20.0 Å². The van der Waals surface area contributed by atoms with E-state index in [0.717, 1.165) is 0 Å². The van der Waals surface area contributed by atoms with Crippen LogP contribution >= 0.6 is 7.67 Å². The van der Waals surface area contributed by atoms with Gasteiger partial charge >= 0.3 is 19.6 Å². The molecule has 0 aliphatic heterocycles. The topological polar surface area (TPSA) is 121 Å². The zero-order valence-electron chi connectivity index (χ0n) is 20.1. The molecule has 10 nitrogen and oxygen atoms in total. The molecule has 2 atom stereocenters. The van der Waals surface area contributed by atoms with Gasteiger partial charge in [0.05, 0.1) is 23.6 Å². The molecule has 0 saturated heterocycles. The first kappa shape index (κ1) is 26.6. The van der Waals surface area contributed by atoms with Crippen molar-refractivity contribution >= 4 is 19.6 Å². The molecule has 1 aromatic carbocycles. The van der Waals surface area contributed by atoms with Crippen molar-refractivity contribution in [3.63, 3.8) is 0 Å². The highest BCUT2D eigenvalue weighted by molar-refractivity contribution is 7.55. The second kappa shape index (κ2) is 11.4. The maximum Gasteiger partial charge on any atom is 0.393 e. The Hall–Kier alpha value is -2.68. The Morgan fingerprint density at radius 3 is 1.85 bits per heavy atom. The van der Waals surface area contributed by atoms with Gasteiger partial charge in [-0.15, -0.1) is 0 Å². The van der Waals surface area contributed by atoms with Crippen LogP contribution in [0, 0.1) is 6.92 Å². The van der Waals surface area contributed by atoms with Gasteiger partial charge in [-0.3, -0.25) is 9.59 Å². The fraction of sp³-hybridized carbons (Fsp3) is 0.500. The van der Waals surface area contributed by atoms with Crippen LogP contribution in [0.4, 0.5) is 0 Å². The Morgan fingerprint density at radius 2 is 1.39 bits per heavy atom. The number of aryl methyl sites for hydroxylation is 1. The second-order valence-corrected chi connectivity index (χ2v) is 9.99. The minimum absolute atomic E-state index is 0.163. The van der Waals surface area contributed by atoms with Crippen LogP contribution in [-0.2, 0) is 23.6 Å². The average molecular weight is 481 g/mol. The number of carbonyl (C=O) groups is 2. The molecule has 11 heteroatoms. The lowest BCUT2D eigenvalue weighted by Gasteiger charge is -2.26. The number of aromatic nitrogens is 2. The molecule has 0 fully saturated rings. The number of para-hydroxylation sites is 1. The van der Waals surface area contributed by atoms with Crippen molar-refractivity contribution < 1.29 is 28.2 Å². The summed E-state index contributed by atoms with van der Waals surface area (Å²) >= 11 is 0. The van der Waals surface area contributed by atoms with Gasteiger partial charge in [-0.25, -0.2) is 19.4 Å². The molecule has 2 rings (SSSR count). The fourth-order valence-electron chi connectivity index (χ4n) is 2.80. The molecule has 0 spiro atoms. The lowest BCUT2D eigenvalue weighted by Crippen LogP contribution is -2.44. The molecule has 182 valence electrons. The van der Waals surface area contributed by atoms with Crippen LogP contribution in [0.3, 0.4) is 0 Å². The summed E-state index contributed by atoms with van der Waals surface area (Å²) in [5, 5.41) is 9.75. The van der Waals surface area contributed by atoms with Gasteiger partial charge in [0.25, 0.3) is 0 Å². The Kier molecular flexibility index (Phi) is 9.22. The number of ether oxygens (including phenoxy) is 2. The van der Waals surface area contributed by atoms with E-state index in [0.29, 0.717) is 11.4 Å². The number of hydrogen-bond acceptors (Lipinski definition) is 7. The molecule has 0 amide bonds. The molecule has 0 saturated carbocycles. The SMILES string of the molecule is Cc1cc(OP(=O)(N[C@@H](C)C(=O)OC(C)C)N[C@@H](C)C(=O)OC(C)C)n(-c2ccccc2)n1. The number of nitrogens with zero attached hydrogens (tertiary/aromatic N) is 2. The summed E-state index contributed by atoms with van der Waals surface area (Å²) in [5.41, 5.74) is 1.31. The first-order valence-corrected chi connectivity index (χ1v) is 12.4. The molecule has 0 aliphatic rings. The van der Waals surface area contributed by atoms with Gasteiger partial charge in [0.1, 0.15) is 12.1 Å². The first-order chi connectivity index (χ1) is 15.4. The third-order valence-electron chi connectivity index (χ3n) is 4.16. The lowest BCUT2D eigenvalue weighted by atomic mass is 10.3. The summed E-state index contributed by atoms with van der Waals surface area (Å²) < 4.78 is 31.6. The fourth-order valence-corrected chi connectivity index (χ4v) is 4.60. The molecular weight excluding hydrogens is 447 g/mol. The molecule has 2 aromatic rings. The summed E-state index contributed by atoms with van der Waals surface area (Å²) in [6.07, 6.45) is -0.700. The first-order valence-electron chi connectivity index (χ1n) is 10.8. The van der Waals surface area contributed by atoms with Gasteiger partial charge in [0.15, 0.2) is 0 Å². The predicted molar refractivity (Wildman–Crippen MR) is 124 cm³/mol. The molecule has 1 heterocycles. The summed E-state index contributed by atoms with van der Waals surface area (Å²) in [6.45, 7) is 11.6. The van der Waals surface area contributed by atoms with Gasteiger partial charge in [0, 0.05) is 6.07 Å². The van der Waals surface area contributed by atoms with Gasteiger partial charge in [0.2, 0.25) is 5.88 Å². The number of benzene rings is 1. The van der Waals surface area contributed by atoms with Crippen LogP contribution in [0.5, 0.6) is 5.88 Å². The molecular formula is C22H33N4O6P. The number of nitrogens with one attached hydrogen (secondary N) is 2. The monoisotopic (exact) mass is 480 g/mol. The normalized spacial score (nSPS) is 13.6. The van der Waals surface area contributed by atoms with E-state index in [-0.39, 0.29) is 18.1 Å². The molecule has 2 N–H and O–H groups in total. The van der Waals surface area contributed by atoms with Gasteiger partial charge in [-0.2, -0.15) is 5.10 Å². The van der Waals surface area contributed by atoms with Crippen LogP contribution in [0.15, 0.2) is 36.4 Å². The van der Waals surface area contributed by atoms with E-state index < -0.39 is 31.7 Å². The second-order valence-electron chi connectivity index (χ2n) is 8.19. The van der Waals surface area contributed by atoms with Gasteiger partial charge in [-0.1, -0.05) is 18.2 Å². The zero-order chi connectivity index (χ0) is 24.8. The smallest absolute Gasteiger partial charge is 0.393 e. The Bertz CT molecular complexity index is 958. The molecule has 1 aromatic heterocycles. The van der Waals surface area contributed by atoms with E-state index in [4.69, 9.17) is 14.0 Å². The lowest BCUT2D eigenvalue weighted by molar-refractivity contribution is -0.149. The quantitative estimate of drug-likeness (QED) is 0.367. The Morgan fingerprint density at radius 1 is 0.909 bits per heavy atom. The molecule has 0 radical (unpaired) electrons. The van der Waals surface area contributed by atoms with Crippen LogP contribution in [0.25, 0.3) is 5.69 Å². The van der Waals surface area contributed by atoms with Crippen molar-refractivity contribution in [2.45, 2.75) is 72.8 Å². The van der Waals surface area contributed by atoms with Crippen LogP contribution in [0.1, 0.15) is 47.2 Å². The van der Waals surface area contributed by atoms with Crippen LogP contribution in [-0.4, -0.2) is 46.0 Å². The summed E-state index contributed by atoms with van der Waals surface area (Å²) in [4.78, 5) is 24.7. The predicted octanol–water partition coefficient (Wildman–Crippen LogP) is 3.53. The average Bonchev–Trinajstić information content (AvgIpc) is 3.06. The molecule has 0 aliphatic carbocycles. The van der Waals surface area contributed by atoms with E-state index in [1.165, 1.54) is 18.5 Å². The maximum atomic E-state index is 13.9. The Balaban J connectivity index is 2.36. The van der Waals surface area contributed by atoms with E-state index in [2.05, 4.69) is 15.3 Å². The standard InChI is InChI=1S/C22H33N4O6P/c1-14(2)30-21(27)17(6)24-33(29,25-18(7)22(28)31-15(3)4)32-20-13-16(5)23-26(20)19-11-9-8-10-12-19/h8-15,17-18H,1-7H3,(H2,24,25,29)/t17-,18-/m0/s1. The summed E-state index contributed by atoms with van der Waals surface area (Å²) in [5.74, 6) is -1.06. The number of hydrogen-bond donors (Lipinski definition) is 2. The van der Waals surface area contributed by atoms with Crippen molar-refractivity contribution in [3.05, 3.63) is 42.1 Å². The van der Waals surface area contributed by atoms with E-state index in [1.54, 1.807) is 40.7 Å². The number of rotatable bonds is 11. The number of carbonyl (C=O) groups excluding carboxylic acids is 2. The van der Waals surface area contributed by atoms with Crippen molar-refractivity contribution in [3.8, 4) is 11.6 Å². The van der Waals surface area contributed by atoms with Crippen LogP contribution < -0.4 is 14.7 Å². The van der Waals surface area contributed by atoms with Crippen molar-refractivity contribution in [1.29, 1.82) is 0 Å². The van der Waals surface area contributed by atoms with Crippen molar-refractivity contribution in [2.24, 2.45) is 0 Å². The zero-order valence-corrected chi connectivity index (χ0v) is 21.0. The van der Waals surface area contributed by atoms with Gasteiger partial charge < -0.3 is 14.0 Å². The molecule has 33 heavy (non-hydrogen) atoms. The minimum Gasteiger partial charge on any atom is -0.462 e. The third-order valence-corrected chi connectivity index (χ3v) is 6.06. The Labute approximate surface area is 194 Å². The van der Waals surface area contributed by atoms with Crippen molar-refractivity contribution in [2.75, 3.05) is 0 Å². The maximum absolute atomic E-state index is 13.9. The van der Waals surface area contributed by atoms with Crippen LogP contribution in [0.2, 0.25) is 0 Å². The highest BCUT2D eigenvalue weighted by atomic mass is 31.2. The minimum atomic E-state index is -4.04. The third kappa shape index (κ3) is 7.99. The molecule has 0 bridgehead atoms. The summed E-state index contributed by atoms with van der Waals surface area (Å²) in [7, 11) is -4.04. The van der Waals surface area contributed by atoms with E-state index in [1.807, 2.05) is 30.3 Å². The number of esters is 2. The highest BCUT2D eigenvalue weighted by Gasteiger charge is 2.35.